The molecule has 0 atom stereocenters. The summed E-state index contributed by atoms with van der Waals surface area (Å²) >= 11 is 1.78. The molecular weight excluding hydrogens is 356 g/mol. The minimum absolute atomic E-state index is 0.0292. The lowest BCUT2D eigenvalue weighted by atomic mass is 9.95. The third kappa shape index (κ3) is 3.78. The Morgan fingerprint density at radius 1 is 1.12 bits per heavy atom. The minimum Gasteiger partial charge on any atom is -0.339 e. The molecule has 0 saturated carbocycles. The molecular formula is C18H22N2O3S2. The maximum atomic E-state index is 12.7. The number of carbonyl (C=O) groups excluding carboxylic acids is 1. The number of sulfonamides is 1. The van der Waals surface area contributed by atoms with Crippen LogP contribution in [0.4, 0.5) is 0 Å². The highest BCUT2D eigenvalue weighted by atomic mass is 32.2. The molecule has 1 fully saturated rings. The summed E-state index contributed by atoms with van der Waals surface area (Å²) < 4.78 is 25.4. The molecule has 2 aromatic rings. The van der Waals surface area contributed by atoms with Crippen molar-refractivity contribution < 1.29 is 13.2 Å². The summed E-state index contributed by atoms with van der Waals surface area (Å²) in [5.41, 5.74) is 0.535. The molecule has 3 rings (SSSR count). The monoisotopic (exact) mass is 378 g/mol. The molecule has 2 heterocycles. The molecule has 1 aromatic heterocycles. The molecule has 7 heteroatoms. The van der Waals surface area contributed by atoms with E-state index in [0.29, 0.717) is 11.5 Å². The zero-order valence-electron chi connectivity index (χ0n) is 14.4. The maximum Gasteiger partial charge on any atom is 0.253 e. The number of hydrogen-bond donors (Lipinski definition) is 0. The average molecular weight is 379 g/mol. The number of hydrogen-bond acceptors (Lipinski definition) is 4. The number of benzene rings is 1. The first-order chi connectivity index (χ1) is 11.9. The van der Waals surface area contributed by atoms with Gasteiger partial charge in [-0.2, -0.15) is 0 Å². The van der Waals surface area contributed by atoms with Gasteiger partial charge in [-0.05, 0) is 54.5 Å². The molecule has 1 amide bonds. The lowest BCUT2D eigenvalue weighted by molar-refractivity contribution is 0.0713. The predicted molar refractivity (Wildman–Crippen MR) is 99.5 cm³/mol. The molecule has 1 aromatic carbocycles. The average Bonchev–Trinajstić information content (AvgIpc) is 3.16. The van der Waals surface area contributed by atoms with Crippen LogP contribution in [0.5, 0.6) is 0 Å². The van der Waals surface area contributed by atoms with Gasteiger partial charge in [-0.25, -0.2) is 12.7 Å². The summed E-state index contributed by atoms with van der Waals surface area (Å²) in [7, 11) is -0.483. The van der Waals surface area contributed by atoms with Gasteiger partial charge in [0, 0.05) is 37.6 Å². The van der Waals surface area contributed by atoms with Crippen LogP contribution < -0.4 is 0 Å². The highest BCUT2D eigenvalue weighted by Gasteiger charge is 2.25. The highest BCUT2D eigenvalue weighted by molar-refractivity contribution is 7.89. The highest BCUT2D eigenvalue weighted by Crippen LogP contribution is 2.31. The molecule has 134 valence electrons. The van der Waals surface area contributed by atoms with Crippen LogP contribution in [0.1, 0.15) is 34.0 Å². The smallest absolute Gasteiger partial charge is 0.253 e. The quantitative estimate of drug-likeness (QED) is 0.822. The summed E-state index contributed by atoms with van der Waals surface area (Å²) in [5.74, 6) is 0.509. The molecule has 5 nitrogen and oxygen atoms in total. The van der Waals surface area contributed by atoms with Gasteiger partial charge < -0.3 is 4.90 Å². The lowest BCUT2D eigenvalue weighted by Gasteiger charge is -2.31. The largest absolute Gasteiger partial charge is 0.339 e. The van der Waals surface area contributed by atoms with Crippen LogP contribution in [0.15, 0.2) is 46.7 Å². The number of piperidine rings is 1. The third-order valence-electron chi connectivity index (χ3n) is 4.61. The van der Waals surface area contributed by atoms with Crippen molar-refractivity contribution in [2.45, 2.75) is 23.7 Å². The Morgan fingerprint density at radius 3 is 2.28 bits per heavy atom. The van der Waals surface area contributed by atoms with Gasteiger partial charge in [0.1, 0.15) is 0 Å². The topological polar surface area (TPSA) is 57.7 Å². The van der Waals surface area contributed by atoms with E-state index >= 15 is 0 Å². The molecule has 1 aliphatic rings. The maximum absolute atomic E-state index is 12.7. The Morgan fingerprint density at radius 2 is 1.76 bits per heavy atom. The zero-order chi connectivity index (χ0) is 18.0. The summed E-state index contributed by atoms with van der Waals surface area (Å²) in [6.45, 7) is 1.47. The van der Waals surface area contributed by atoms with Crippen LogP contribution >= 0.6 is 11.3 Å². The standard InChI is InChI=1S/C18H22N2O3S2/c1-19(2)25(22,23)16-7-5-15(6-8-16)18(21)20-11-9-14(10-12-20)17-4-3-13-24-17/h3-8,13-14H,9-12H2,1-2H3. The van der Waals surface area contributed by atoms with Crippen LogP contribution in [0, 0.1) is 0 Å². The van der Waals surface area contributed by atoms with Crippen molar-refractivity contribution in [1.82, 2.24) is 9.21 Å². The molecule has 25 heavy (non-hydrogen) atoms. The van der Waals surface area contributed by atoms with Gasteiger partial charge in [-0.3, -0.25) is 4.79 Å². The van der Waals surface area contributed by atoms with Gasteiger partial charge in [-0.15, -0.1) is 11.3 Å². The first-order valence-electron chi connectivity index (χ1n) is 8.25. The second kappa shape index (κ2) is 7.27. The fourth-order valence-corrected chi connectivity index (χ4v) is 4.85. The van der Waals surface area contributed by atoms with Crippen LogP contribution in [0.3, 0.4) is 0 Å². The number of nitrogens with zero attached hydrogens (tertiary/aromatic N) is 2. The van der Waals surface area contributed by atoms with E-state index in [1.165, 1.54) is 35.4 Å². The first kappa shape index (κ1) is 18.1. The number of thiophene rings is 1. The van der Waals surface area contributed by atoms with Gasteiger partial charge in [-0.1, -0.05) is 6.07 Å². The van der Waals surface area contributed by atoms with E-state index < -0.39 is 10.0 Å². The molecule has 0 N–H and O–H groups in total. The van der Waals surface area contributed by atoms with Gasteiger partial charge in [0.2, 0.25) is 10.0 Å². The van der Waals surface area contributed by atoms with Crippen LogP contribution in [0.25, 0.3) is 0 Å². The second-order valence-electron chi connectivity index (χ2n) is 6.39. The van der Waals surface area contributed by atoms with Gasteiger partial charge >= 0.3 is 0 Å². The number of amides is 1. The fourth-order valence-electron chi connectivity index (χ4n) is 3.05. The van der Waals surface area contributed by atoms with E-state index in [9.17, 15) is 13.2 Å². The Bertz CT molecular complexity index is 820. The van der Waals surface area contributed by atoms with Gasteiger partial charge in [0.25, 0.3) is 5.91 Å². The predicted octanol–water partition coefficient (Wildman–Crippen LogP) is 3.02. The normalized spacial score (nSPS) is 16.4. The Labute approximate surface area is 152 Å². The van der Waals surface area contributed by atoms with E-state index in [-0.39, 0.29) is 10.8 Å². The van der Waals surface area contributed by atoms with Crippen molar-refractivity contribution in [2.75, 3.05) is 27.2 Å². The molecule has 1 saturated heterocycles. The number of likely N-dealkylation sites (tertiary alicyclic amines) is 1. The van der Waals surface area contributed by atoms with Crippen molar-refractivity contribution in [2.24, 2.45) is 0 Å². The third-order valence-corrected chi connectivity index (χ3v) is 7.47. The van der Waals surface area contributed by atoms with Gasteiger partial charge in [0.05, 0.1) is 4.90 Å². The first-order valence-corrected chi connectivity index (χ1v) is 10.6. The van der Waals surface area contributed by atoms with Crippen molar-refractivity contribution in [3.63, 3.8) is 0 Å². The molecule has 0 bridgehead atoms. The van der Waals surface area contributed by atoms with Crippen molar-refractivity contribution >= 4 is 27.3 Å². The summed E-state index contributed by atoms with van der Waals surface area (Å²) in [5, 5.41) is 2.09. The van der Waals surface area contributed by atoms with E-state index in [4.69, 9.17) is 0 Å². The summed E-state index contributed by atoms with van der Waals surface area (Å²) in [6, 6.07) is 10.4. The summed E-state index contributed by atoms with van der Waals surface area (Å²) in [4.78, 5) is 16.1. The lowest BCUT2D eigenvalue weighted by Crippen LogP contribution is -2.37. The van der Waals surface area contributed by atoms with E-state index in [1.807, 2.05) is 4.90 Å². The molecule has 0 radical (unpaired) electrons. The second-order valence-corrected chi connectivity index (χ2v) is 9.52. The summed E-state index contributed by atoms with van der Waals surface area (Å²) in [6.07, 6.45) is 1.94. The Hall–Kier alpha value is -1.70. The molecule has 0 spiro atoms. The van der Waals surface area contributed by atoms with E-state index in [1.54, 1.807) is 23.5 Å². The molecule has 0 aliphatic carbocycles. The fraction of sp³-hybridized carbons (Fsp3) is 0.389. The zero-order valence-corrected chi connectivity index (χ0v) is 16.0. The number of carbonyl (C=O) groups is 1. The van der Waals surface area contributed by atoms with Crippen molar-refractivity contribution in [3.8, 4) is 0 Å². The molecule has 1 aliphatic heterocycles. The Balaban J connectivity index is 1.66. The SMILES string of the molecule is CN(C)S(=O)(=O)c1ccc(C(=O)N2CCC(c3cccs3)CC2)cc1. The van der Waals surface area contributed by atoms with Crippen LogP contribution in [-0.2, 0) is 10.0 Å². The van der Waals surface area contributed by atoms with E-state index in [0.717, 1.165) is 25.9 Å². The van der Waals surface area contributed by atoms with Crippen LogP contribution in [0.2, 0.25) is 0 Å². The van der Waals surface area contributed by atoms with Gasteiger partial charge in [0.15, 0.2) is 0 Å². The van der Waals surface area contributed by atoms with Crippen molar-refractivity contribution in [1.29, 1.82) is 0 Å². The number of rotatable bonds is 4. The Kier molecular flexibility index (Phi) is 5.27. The van der Waals surface area contributed by atoms with Crippen molar-refractivity contribution in [3.05, 3.63) is 52.2 Å². The minimum atomic E-state index is -3.47. The van der Waals surface area contributed by atoms with E-state index in [2.05, 4.69) is 17.5 Å². The van der Waals surface area contributed by atoms with Crippen LogP contribution in [-0.4, -0.2) is 50.7 Å². The molecule has 0 unspecified atom stereocenters.